The van der Waals surface area contributed by atoms with Crippen molar-refractivity contribution < 1.29 is 18.3 Å². The highest BCUT2D eigenvalue weighted by Crippen LogP contribution is 2.27. The van der Waals surface area contributed by atoms with Crippen molar-refractivity contribution >= 4 is 27.4 Å². The molecule has 0 aliphatic heterocycles. The maximum absolute atomic E-state index is 13.8. The Morgan fingerprint density at radius 1 is 1.25 bits per heavy atom. The number of ketones is 1. The van der Waals surface area contributed by atoms with E-state index in [9.17, 15) is 13.6 Å². The second kappa shape index (κ2) is 5.58. The van der Waals surface area contributed by atoms with E-state index in [2.05, 4.69) is 15.9 Å². The van der Waals surface area contributed by atoms with Gasteiger partial charge in [0.1, 0.15) is 11.6 Å². The van der Waals surface area contributed by atoms with Crippen LogP contribution in [-0.2, 0) is 0 Å². The van der Waals surface area contributed by atoms with Gasteiger partial charge >= 0.3 is 0 Å². The fourth-order valence-electron chi connectivity index (χ4n) is 1.74. The molecule has 2 rings (SSSR count). The van der Waals surface area contributed by atoms with Crippen LogP contribution in [0.5, 0.6) is 5.75 Å². The number of benzene rings is 2. The first-order valence-electron chi connectivity index (χ1n) is 5.56. The molecule has 6 heteroatoms. The van der Waals surface area contributed by atoms with Gasteiger partial charge in [-0.15, -0.1) is 0 Å². The molecule has 0 heterocycles. The number of halogens is 3. The summed E-state index contributed by atoms with van der Waals surface area (Å²) in [7, 11) is 1.48. The van der Waals surface area contributed by atoms with Gasteiger partial charge in [0.2, 0.25) is 0 Å². The van der Waals surface area contributed by atoms with Crippen molar-refractivity contribution in [3.63, 3.8) is 0 Å². The van der Waals surface area contributed by atoms with Gasteiger partial charge in [0.25, 0.3) is 0 Å². The molecule has 0 fully saturated rings. The number of nitrogen functional groups attached to an aromatic ring is 1. The molecule has 0 saturated carbocycles. The summed E-state index contributed by atoms with van der Waals surface area (Å²) in [5.74, 6) is -1.82. The summed E-state index contributed by atoms with van der Waals surface area (Å²) >= 11 is 3.23. The molecule has 2 N–H and O–H groups in total. The van der Waals surface area contributed by atoms with Crippen LogP contribution in [0.15, 0.2) is 34.8 Å². The lowest BCUT2D eigenvalue weighted by Crippen LogP contribution is -2.07. The van der Waals surface area contributed by atoms with Crippen LogP contribution in [0, 0.1) is 11.6 Å². The van der Waals surface area contributed by atoms with Gasteiger partial charge in [0.15, 0.2) is 11.6 Å². The largest absolute Gasteiger partial charge is 0.496 e. The van der Waals surface area contributed by atoms with E-state index in [1.807, 2.05) is 0 Å². The zero-order valence-electron chi connectivity index (χ0n) is 10.4. The first kappa shape index (κ1) is 14.5. The predicted molar refractivity (Wildman–Crippen MR) is 74.9 cm³/mol. The first-order valence-corrected chi connectivity index (χ1v) is 6.36. The number of carbonyl (C=O) groups is 1. The van der Waals surface area contributed by atoms with Crippen LogP contribution >= 0.6 is 15.9 Å². The summed E-state index contributed by atoms with van der Waals surface area (Å²) in [6, 6.07) is 6.15. The molecule has 104 valence electrons. The lowest BCUT2D eigenvalue weighted by Gasteiger charge is -2.08. The summed E-state index contributed by atoms with van der Waals surface area (Å²) in [4.78, 5) is 12.2. The molecule has 0 spiro atoms. The molecule has 0 bridgehead atoms. The van der Waals surface area contributed by atoms with Gasteiger partial charge in [0, 0.05) is 5.56 Å². The van der Waals surface area contributed by atoms with Gasteiger partial charge < -0.3 is 10.5 Å². The number of rotatable bonds is 3. The van der Waals surface area contributed by atoms with Crippen molar-refractivity contribution in [3.8, 4) is 5.75 Å². The van der Waals surface area contributed by atoms with Crippen LogP contribution in [0.1, 0.15) is 15.9 Å². The number of ether oxygens (including phenoxy) is 1. The number of carbonyl (C=O) groups excluding carboxylic acids is 1. The van der Waals surface area contributed by atoms with Gasteiger partial charge in [-0.25, -0.2) is 8.78 Å². The maximum atomic E-state index is 13.8. The molecule has 0 radical (unpaired) electrons. The molecule has 0 saturated heterocycles. The lowest BCUT2D eigenvalue weighted by molar-refractivity contribution is 0.103. The topological polar surface area (TPSA) is 52.3 Å². The number of anilines is 1. The Morgan fingerprint density at radius 2 is 1.95 bits per heavy atom. The number of nitrogens with two attached hydrogens (primary N) is 1. The number of methoxy groups -OCH3 is 1. The van der Waals surface area contributed by atoms with Crippen molar-refractivity contribution in [2.24, 2.45) is 0 Å². The standard InChI is InChI=1S/C14H10BrF2NO2/c1-20-12-3-2-7(4-10(12)15)14(19)9-5-8(16)6-11(18)13(9)17/h2-6H,18H2,1H3. The highest BCUT2D eigenvalue weighted by molar-refractivity contribution is 9.10. The Bertz CT molecular complexity index is 689. The maximum Gasteiger partial charge on any atom is 0.196 e. The average Bonchev–Trinajstić information content (AvgIpc) is 2.42. The fourth-order valence-corrected chi connectivity index (χ4v) is 2.28. The van der Waals surface area contributed by atoms with E-state index in [0.29, 0.717) is 10.2 Å². The van der Waals surface area contributed by atoms with E-state index >= 15 is 0 Å². The molecule has 0 aliphatic rings. The van der Waals surface area contributed by atoms with Crippen molar-refractivity contribution in [1.29, 1.82) is 0 Å². The third-order valence-corrected chi connectivity index (χ3v) is 3.34. The molecule has 3 nitrogen and oxygen atoms in total. The number of hydrogen-bond donors (Lipinski definition) is 1. The van der Waals surface area contributed by atoms with Crippen LogP contribution in [0.3, 0.4) is 0 Å². The van der Waals surface area contributed by atoms with Crippen molar-refractivity contribution in [2.45, 2.75) is 0 Å². The quantitative estimate of drug-likeness (QED) is 0.686. The van der Waals surface area contributed by atoms with E-state index in [1.165, 1.54) is 19.2 Å². The minimum atomic E-state index is -0.927. The van der Waals surface area contributed by atoms with Crippen LogP contribution in [0.2, 0.25) is 0 Å². The van der Waals surface area contributed by atoms with Crippen molar-refractivity contribution in [3.05, 3.63) is 57.6 Å². The monoisotopic (exact) mass is 341 g/mol. The molecule has 20 heavy (non-hydrogen) atoms. The summed E-state index contributed by atoms with van der Waals surface area (Å²) in [5.41, 5.74) is 4.71. The van der Waals surface area contributed by atoms with E-state index in [0.717, 1.165) is 12.1 Å². The van der Waals surface area contributed by atoms with Gasteiger partial charge in [-0.05, 0) is 46.3 Å². The normalized spacial score (nSPS) is 10.4. The Labute approximate surface area is 122 Å². The molecule has 0 unspecified atom stereocenters. The van der Waals surface area contributed by atoms with Gasteiger partial charge in [-0.2, -0.15) is 0 Å². The van der Waals surface area contributed by atoms with Crippen LogP contribution in [0.25, 0.3) is 0 Å². The zero-order chi connectivity index (χ0) is 14.9. The fraction of sp³-hybridized carbons (Fsp3) is 0.0714. The molecular formula is C14H10BrF2NO2. The second-order valence-electron chi connectivity index (χ2n) is 4.04. The SMILES string of the molecule is COc1ccc(C(=O)c2cc(F)cc(N)c2F)cc1Br. The summed E-state index contributed by atoms with van der Waals surface area (Å²) in [5, 5.41) is 0. The van der Waals surface area contributed by atoms with E-state index < -0.39 is 28.7 Å². The molecule has 0 aliphatic carbocycles. The van der Waals surface area contributed by atoms with E-state index in [-0.39, 0.29) is 5.56 Å². The second-order valence-corrected chi connectivity index (χ2v) is 4.89. The van der Waals surface area contributed by atoms with Gasteiger partial charge in [-0.1, -0.05) is 0 Å². The Kier molecular flexibility index (Phi) is 4.04. The average molecular weight is 342 g/mol. The molecular weight excluding hydrogens is 332 g/mol. The predicted octanol–water partition coefficient (Wildman–Crippen LogP) is 3.55. The Morgan fingerprint density at radius 3 is 2.55 bits per heavy atom. The molecule has 2 aromatic carbocycles. The third kappa shape index (κ3) is 2.65. The zero-order valence-corrected chi connectivity index (χ0v) is 12.0. The highest BCUT2D eigenvalue weighted by atomic mass is 79.9. The molecule has 0 amide bonds. The van der Waals surface area contributed by atoms with Crippen molar-refractivity contribution in [1.82, 2.24) is 0 Å². The van der Waals surface area contributed by atoms with Gasteiger partial charge in [0.05, 0.1) is 22.8 Å². The molecule has 0 atom stereocenters. The molecule has 2 aromatic rings. The third-order valence-electron chi connectivity index (χ3n) is 2.72. The van der Waals surface area contributed by atoms with Gasteiger partial charge in [-0.3, -0.25) is 4.79 Å². The minimum absolute atomic E-state index is 0.196. The smallest absolute Gasteiger partial charge is 0.196 e. The Balaban J connectivity index is 2.49. The minimum Gasteiger partial charge on any atom is -0.496 e. The van der Waals surface area contributed by atoms with Crippen molar-refractivity contribution in [2.75, 3.05) is 12.8 Å². The lowest BCUT2D eigenvalue weighted by atomic mass is 10.0. The van der Waals surface area contributed by atoms with Crippen LogP contribution in [0.4, 0.5) is 14.5 Å². The van der Waals surface area contributed by atoms with Crippen LogP contribution in [-0.4, -0.2) is 12.9 Å². The summed E-state index contributed by atoms with van der Waals surface area (Å²) < 4.78 is 32.6. The van der Waals surface area contributed by atoms with E-state index in [4.69, 9.17) is 10.5 Å². The molecule has 0 aromatic heterocycles. The first-order chi connectivity index (χ1) is 9.43. The number of hydrogen-bond acceptors (Lipinski definition) is 3. The van der Waals surface area contributed by atoms with Crippen LogP contribution < -0.4 is 10.5 Å². The summed E-state index contributed by atoms with van der Waals surface area (Å²) in [6.07, 6.45) is 0. The highest BCUT2D eigenvalue weighted by Gasteiger charge is 2.18. The summed E-state index contributed by atoms with van der Waals surface area (Å²) in [6.45, 7) is 0. The van der Waals surface area contributed by atoms with E-state index in [1.54, 1.807) is 6.07 Å². The Hall–Kier alpha value is -1.95.